The summed E-state index contributed by atoms with van der Waals surface area (Å²) in [6, 6.07) is 1.29. The molecule has 0 aliphatic rings. The van der Waals surface area contributed by atoms with E-state index in [4.69, 9.17) is 9.47 Å². The number of amides is 1. The van der Waals surface area contributed by atoms with Gasteiger partial charge < -0.3 is 19.4 Å². The van der Waals surface area contributed by atoms with Crippen LogP contribution >= 0.6 is 11.3 Å². The molecule has 0 saturated heterocycles. The molecule has 12 heteroatoms. The summed E-state index contributed by atoms with van der Waals surface area (Å²) in [4.78, 5) is 48.9. The van der Waals surface area contributed by atoms with Crippen LogP contribution in [-0.4, -0.2) is 35.6 Å². The number of aryl methyl sites for hydroxylation is 1. The SMILES string of the molecule is CCOC(=O)c1c(NC(=O)COC(=O)Cn2cc(C(F)(F)F)ccc2=O)sc(CC)c1C. The van der Waals surface area contributed by atoms with Crippen molar-refractivity contribution in [3.8, 4) is 0 Å². The van der Waals surface area contributed by atoms with Crippen molar-refractivity contribution in [3.63, 3.8) is 0 Å². The first-order valence-corrected chi connectivity index (χ1v) is 10.3. The second-order valence-electron chi connectivity index (χ2n) is 6.52. The highest BCUT2D eigenvalue weighted by molar-refractivity contribution is 7.17. The number of rotatable bonds is 8. The summed E-state index contributed by atoms with van der Waals surface area (Å²) in [6.45, 7) is 3.85. The van der Waals surface area contributed by atoms with E-state index in [2.05, 4.69) is 5.32 Å². The molecule has 174 valence electrons. The quantitative estimate of drug-likeness (QED) is 0.590. The van der Waals surface area contributed by atoms with Crippen molar-refractivity contribution in [1.82, 2.24) is 4.57 Å². The summed E-state index contributed by atoms with van der Waals surface area (Å²) >= 11 is 1.19. The summed E-state index contributed by atoms with van der Waals surface area (Å²) in [5.74, 6) is -2.44. The Kier molecular flexibility index (Phi) is 8.19. The van der Waals surface area contributed by atoms with Crippen LogP contribution in [0.3, 0.4) is 0 Å². The number of anilines is 1. The Bertz CT molecular complexity index is 1070. The molecule has 0 radical (unpaired) electrons. The molecule has 1 N–H and O–H groups in total. The Morgan fingerprint density at radius 2 is 1.84 bits per heavy atom. The molecule has 0 fully saturated rings. The molecule has 2 aromatic heterocycles. The molecular weight excluding hydrogens is 453 g/mol. The molecule has 2 rings (SSSR count). The first kappa shape index (κ1) is 25.1. The Labute approximate surface area is 184 Å². The van der Waals surface area contributed by atoms with Gasteiger partial charge in [-0.3, -0.25) is 14.4 Å². The maximum absolute atomic E-state index is 12.8. The number of pyridine rings is 1. The van der Waals surface area contributed by atoms with E-state index >= 15 is 0 Å². The average molecular weight is 474 g/mol. The summed E-state index contributed by atoms with van der Waals surface area (Å²) in [7, 11) is 0. The van der Waals surface area contributed by atoms with Crippen molar-refractivity contribution in [2.45, 2.75) is 39.9 Å². The first-order valence-electron chi connectivity index (χ1n) is 9.50. The maximum atomic E-state index is 12.8. The summed E-state index contributed by atoms with van der Waals surface area (Å²) in [6.07, 6.45) is -3.57. The largest absolute Gasteiger partial charge is 0.462 e. The van der Waals surface area contributed by atoms with Crippen LogP contribution in [0.15, 0.2) is 23.1 Å². The van der Waals surface area contributed by atoms with E-state index in [1.54, 1.807) is 13.8 Å². The van der Waals surface area contributed by atoms with Gasteiger partial charge in [-0.25, -0.2) is 4.79 Å². The van der Waals surface area contributed by atoms with Gasteiger partial charge in [0.15, 0.2) is 6.61 Å². The summed E-state index contributed by atoms with van der Waals surface area (Å²) in [5.41, 5.74) is -1.05. The van der Waals surface area contributed by atoms with E-state index in [0.29, 0.717) is 34.9 Å². The minimum atomic E-state index is -4.69. The van der Waals surface area contributed by atoms with Gasteiger partial charge in [-0.15, -0.1) is 11.3 Å². The third kappa shape index (κ3) is 6.19. The lowest BCUT2D eigenvalue weighted by atomic mass is 10.1. The number of alkyl halides is 3. The zero-order valence-electron chi connectivity index (χ0n) is 17.5. The normalized spacial score (nSPS) is 11.2. The number of carbonyl (C=O) groups excluding carboxylic acids is 3. The Balaban J connectivity index is 2.04. The van der Waals surface area contributed by atoms with Crippen LogP contribution in [0.4, 0.5) is 18.2 Å². The van der Waals surface area contributed by atoms with Gasteiger partial charge in [-0.1, -0.05) is 6.92 Å². The van der Waals surface area contributed by atoms with Crippen molar-refractivity contribution >= 4 is 34.2 Å². The molecule has 8 nitrogen and oxygen atoms in total. The van der Waals surface area contributed by atoms with E-state index in [1.807, 2.05) is 6.92 Å². The number of halogens is 3. The predicted octanol–water partition coefficient (Wildman–Crippen LogP) is 3.16. The van der Waals surface area contributed by atoms with Gasteiger partial charge in [-0.2, -0.15) is 13.2 Å². The van der Waals surface area contributed by atoms with Crippen LogP contribution < -0.4 is 10.9 Å². The van der Waals surface area contributed by atoms with E-state index in [9.17, 15) is 32.3 Å². The number of nitrogens with zero attached hydrogens (tertiary/aromatic N) is 1. The van der Waals surface area contributed by atoms with E-state index < -0.39 is 48.3 Å². The molecule has 0 atom stereocenters. The monoisotopic (exact) mass is 474 g/mol. The molecule has 0 aliphatic heterocycles. The minimum absolute atomic E-state index is 0.148. The van der Waals surface area contributed by atoms with Gasteiger partial charge in [0.05, 0.1) is 17.7 Å². The van der Waals surface area contributed by atoms with Gasteiger partial charge >= 0.3 is 18.1 Å². The molecule has 32 heavy (non-hydrogen) atoms. The Hall–Kier alpha value is -3.15. The number of esters is 2. The topological polar surface area (TPSA) is 104 Å². The minimum Gasteiger partial charge on any atom is -0.462 e. The molecule has 0 aromatic carbocycles. The molecule has 2 heterocycles. The van der Waals surface area contributed by atoms with Gasteiger partial charge in [-0.05, 0) is 31.9 Å². The first-order chi connectivity index (χ1) is 15.0. The van der Waals surface area contributed by atoms with Gasteiger partial charge in [0.1, 0.15) is 11.5 Å². The highest BCUT2D eigenvalue weighted by Crippen LogP contribution is 2.34. The molecule has 0 spiro atoms. The van der Waals surface area contributed by atoms with E-state index in [0.717, 1.165) is 4.88 Å². The fourth-order valence-electron chi connectivity index (χ4n) is 2.75. The molecule has 1 amide bonds. The van der Waals surface area contributed by atoms with Crippen molar-refractivity contribution in [2.75, 3.05) is 18.5 Å². The molecule has 2 aromatic rings. The predicted molar refractivity (Wildman–Crippen MR) is 110 cm³/mol. The van der Waals surface area contributed by atoms with Crippen molar-refractivity contribution in [3.05, 3.63) is 50.3 Å². The average Bonchev–Trinajstić information content (AvgIpc) is 3.02. The van der Waals surface area contributed by atoms with Gasteiger partial charge in [0.25, 0.3) is 11.5 Å². The van der Waals surface area contributed by atoms with Crippen LogP contribution in [0.2, 0.25) is 0 Å². The van der Waals surface area contributed by atoms with Gasteiger partial charge in [0.2, 0.25) is 0 Å². The second-order valence-corrected chi connectivity index (χ2v) is 7.62. The number of aromatic nitrogens is 1. The van der Waals surface area contributed by atoms with Crippen LogP contribution in [0.25, 0.3) is 0 Å². The summed E-state index contributed by atoms with van der Waals surface area (Å²) in [5, 5.41) is 2.73. The lowest BCUT2D eigenvalue weighted by Crippen LogP contribution is -2.28. The maximum Gasteiger partial charge on any atom is 0.417 e. The molecule has 0 aliphatic carbocycles. The number of nitrogens with one attached hydrogen (secondary N) is 1. The highest BCUT2D eigenvalue weighted by Gasteiger charge is 2.31. The fraction of sp³-hybridized carbons (Fsp3) is 0.400. The van der Waals surface area contributed by atoms with Crippen LogP contribution in [-0.2, 0) is 38.2 Å². The van der Waals surface area contributed by atoms with E-state index in [1.165, 1.54) is 11.3 Å². The third-order valence-corrected chi connectivity index (χ3v) is 5.63. The zero-order chi connectivity index (χ0) is 24.1. The zero-order valence-corrected chi connectivity index (χ0v) is 18.3. The van der Waals surface area contributed by atoms with E-state index in [-0.39, 0.29) is 17.2 Å². The summed E-state index contributed by atoms with van der Waals surface area (Å²) < 4.78 is 48.6. The smallest absolute Gasteiger partial charge is 0.417 e. The lowest BCUT2D eigenvalue weighted by molar-refractivity contribution is -0.148. The standard InChI is InChI=1S/C20H21F3N2O6S/c1-4-13-11(3)17(19(29)30-5-2)18(32-13)24-14(26)10-31-16(28)9-25-8-12(20(21,22)23)6-7-15(25)27/h6-8H,4-5,9-10H2,1-3H3,(H,24,26). The number of hydrogen-bond donors (Lipinski definition) is 1. The Morgan fingerprint density at radius 3 is 2.44 bits per heavy atom. The van der Waals surface area contributed by atoms with Crippen LogP contribution in [0.5, 0.6) is 0 Å². The van der Waals surface area contributed by atoms with Crippen LogP contribution in [0, 0.1) is 6.92 Å². The number of carbonyl (C=O) groups is 3. The number of thiophene rings is 1. The van der Waals surface area contributed by atoms with Crippen LogP contribution in [0.1, 0.15) is 40.2 Å². The second kappa shape index (κ2) is 10.4. The molecule has 0 unspecified atom stereocenters. The molecule has 0 saturated carbocycles. The molecular formula is C20H21F3N2O6S. The van der Waals surface area contributed by atoms with Crippen molar-refractivity contribution in [2.24, 2.45) is 0 Å². The number of hydrogen-bond acceptors (Lipinski definition) is 7. The number of ether oxygens (including phenoxy) is 2. The highest BCUT2D eigenvalue weighted by atomic mass is 32.1. The third-order valence-electron chi connectivity index (χ3n) is 4.27. The van der Waals surface area contributed by atoms with Crippen molar-refractivity contribution < 1.29 is 37.0 Å². The molecule has 0 bridgehead atoms. The lowest BCUT2D eigenvalue weighted by Gasteiger charge is -2.11. The fourth-order valence-corrected chi connectivity index (χ4v) is 3.90. The van der Waals surface area contributed by atoms with Gasteiger partial charge in [0, 0.05) is 17.1 Å². The van der Waals surface area contributed by atoms with Crippen molar-refractivity contribution in [1.29, 1.82) is 0 Å². The Morgan fingerprint density at radius 1 is 1.16 bits per heavy atom.